The Bertz CT molecular complexity index is 302. The summed E-state index contributed by atoms with van der Waals surface area (Å²) in [6.07, 6.45) is 1.09. The van der Waals surface area contributed by atoms with Gasteiger partial charge in [-0.25, -0.2) is 0 Å². The zero-order chi connectivity index (χ0) is 11.8. The van der Waals surface area contributed by atoms with Crippen LogP contribution in [0.1, 0.15) is 20.3 Å². The quantitative estimate of drug-likeness (QED) is 0.721. The molecule has 0 spiro atoms. The van der Waals surface area contributed by atoms with Crippen molar-refractivity contribution >= 4 is 5.69 Å². The molecule has 0 bridgehead atoms. The second kappa shape index (κ2) is 7.12. The second-order valence-corrected chi connectivity index (χ2v) is 3.79. The molecule has 0 amide bonds. The minimum Gasteiger partial charge on any atom is -0.489 e. The average Bonchev–Trinajstić information content (AvgIpc) is 2.31. The van der Waals surface area contributed by atoms with E-state index in [2.05, 4.69) is 19.2 Å². The molecule has 0 radical (unpaired) electrons. The van der Waals surface area contributed by atoms with Crippen LogP contribution in [0.5, 0.6) is 5.75 Å². The Kier molecular flexibility index (Phi) is 5.72. The topological polar surface area (TPSA) is 30.5 Å². The van der Waals surface area contributed by atoms with Gasteiger partial charge in [0.05, 0.1) is 12.3 Å². The van der Waals surface area contributed by atoms with E-state index in [1.54, 1.807) is 7.11 Å². The second-order valence-electron chi connectivity index (χ2n) is 3.79. The zero-order valence-electron chi connectivity index (χ0n) is 10.3. The Morgan fingerprint density at radius 1 is 1.25 bits per heavy atom. The normalized spacial score (nSPS) is 12.2. The maximum absolute atomic E-state index is 5.64. The minimum atomic E-state index is 0.451. The van der Waals surface area contributed by atoms with Gasteiger partial charge in [0, 0.05) is 13.2 Å². The van der Waals surface area contributed by atoms with Crippen molar-refractivity contribution in [3.63, 3.8) is 0 Å². The largest absolute Gasteiger partial charge is 0.489 e. The van der Waals surface area contributed by atoms with E-state index in [0.717, 1.165) is 17.9 Å². The molecular weight excluding hydrogens is 202 g/mol. The summed E-state index contributed by atoms with van der Waals surface area (Å²) >= 11 is 0. The highest BCUT2D eigenvalue weighted by molar-refractivity contribution is 5.56. The third-order valence-electron chi connectivity index (χ3n) is 2.45. The van der Waals surface area contributed by atoms with Gasteiger partial charge in [-0.15, -0.1) is 0 Å². The number of para-hydroxylation sites is 2. The van der Waals surface area contributed by atoms with Gasteiger partial charge < -0.3 is 14.8 Å². The first-order chi connectivity index (χ1) is 7.77. The lowest BCUT2D eigenvalue weighted by atomic mass is 10.2. The first-order valence-electron chi connectivity index (χ1n) is 5.75. The fourth-order valence-electron chi connectivity index (χ4n) is 1.31. The predicted octanol–water partition coefficient (Wildman–Crippen LogP) is 2.92. The Hall–Kier alpha value is -1.22. The molecule has 1 N–H and O–H groups in total. The van der Waals surface area contributed by atoms with Crippen LogP contribution in [0.15, 0.2) is 24.3 Å². The van der Waals surface area contributed by atoms with E-state index in [1.807, 2.05) is 24.3 Å². The van der Waals surface area contributed by atoms with E-state index in [1.165, 1.54) is 0 Å². The highest BCUT2D eigenvalue weighted by Gasteiger charge is 2.04. The van der Waals surface area contributed by atoms with Gasteiger partial charge in [0.1, 0.15) is 12.4 Å². The lowest BCUT2D eigenvalue weighted by molar-refractivity contribution is 0.146. The summed E-state index contributed by atoms with van der Waals surface area (Å²) in [6.45, 7) is 5.51. The number of methoxy groups -OCH3 is 1. The number of benzene rings is 1. The van der Waals surface area contributed by atoms with E-state index in [4.69, 9.17) is 9.47 Å². The Morgan fingerprint density at radius 2 is 2.00 bits per heavy atom. The summed E-state index contributed by atoms with van der Waals surface area (Å²) in [7, 11) is 1.67. The summed E-state index contributed by atoms with van der Waals surface area (Å²) in [5.41, 5.74) is 1.05. The van der Waals surface area contributed by atoms with E-state index in [-0.39, 0.29) is 0 Å². The van der Waals surface area contributed by atoms with Gasteiger partial charge in [-0.2, -0.15) is 0 Å². The Morgan fingerprint density at radius 3 is 2.69 bits per heavy atom. The predicted molar refractivity (Wildman–Crippen MR) is 67.2 cm³/mol. The maximum Gasteiger partial charge on any atom is 0.142 e. The first kappa shape index (κ1) is 12.8. The molecule has 1 atom stereocenters. The van der Waals surface area contributed by atoms with Crippen LogP contribution in [0.3, 0.4) is 0 Å². The molecule has 1 unspecified atom stereocenters. The molecule has 0 heterocycles. The zero-order valence-corrected chi connectivity index (χ0v) is 10.3. The molecule has 0 saturated heterocycles. The van der Waals surface area contributed by atoms with Gasteiger partial charge in [-0.1, -0.05) is 19.1 Å². The van der Waals surface area contributed by atoms with E-state index < -0.39 is 0 Å². The average molecular weight is 223 g/mol. The highest BCUT2D eigenvalue weighted by atomic mass is 16.5. The molecule has 1 aromatic carbocycles. The summed E-state index contributed by atoms with van der Waals surface area (Å²) in [5, 5.41) is 3.42. The molecule has 16 heavy (non-hydrogen) atoms. The van der Waals surface area contributed by atoms with Crippen molar-refractivity contribution in [3.8, 4) is 5.75 Å². The van der Waals surface area contributed by atoms with Gasteiger partial charge in [-0.3, -0.25) is 0 Å². The van der Waals surface area contributed by atoms with Gasteiger partial charge >= 0.3 is 0 Å². The smallest absolute Gasteiger partial charge is 0.142 e. The SMILES string of the molecule is CCC(C)Nc1ccccc1OCCOC. The molecule has 1 rings (SSSR count). The van der Waals surface area contributed by atoms with Crippen LogP contribution >= 0.6 is 0 Å². The lowest BCUT2D eigenvalue weighted by Gasteiger charge is -2.16. The van der Waals surface area contributed by atoms with Crippen LogP contribution in [-0.4, -0.2) is 26.4 Å². The van der Waals surface area contributed by atoms with Crippen LogP contribution < -0.4 is 10.1 Å². The molecule has 0 fully saturated rings. The van der Waals surface area contributed by atoms with E-state index in [9.17, 15) is 0 Å². The minimum absolute atomic E-state index is 0.451. The van der Waals surface area contributed by atoms with E-state index in [0.29, 0.717) is 19.3 Å². The van der Waals surface area contributed by atoms with Crippen LogP contribution in [0.2, 0.25) is 0 Å². The molecule has 90 valence electrons. The fraction of sp³-hybridized carbons (Fsp3) is 0.538. The number of ether oxygens (including phenoxy) is 2. The third-order valence-corrected chi connectivity index (χ3v) is 2.45. The molecule has 0 saturated carbocycles. The maximum atomic E-state index is 5.64. The molecule has 3 heteroatoms. The van der Waals surface area contributed by atoms with Crippen LogP contribution in [0, 0.1) is 0 Å². The van der Waals surface area contributed by atoms with Crippen LogP contribution in [0.25, 0.3) is 0 Å². The molecule has 0 aliphatic heterocycles. The summed E-state index contributed by atoms with van der Waals surface area (Å²) < 4.78 is 10.6. The van der Waals surface area contributed by atoms with Crippen molar-refractivity contribution in [2.75, 3.05) is 25.6 Å². The van der Waals surface area contributed by atoms with Crippen molar-refractivity contribution in [3.05, 3.63) is 24.3 Å². The van der Waals surface area contributed by atoms with Gasteiger partial charge in [-0.05, 0) is 25.5 Å². The van der Waals surface area contributed by atoms with Crippen LogP contribution in [0.4, 0.5) is 5.69 Å². The van der Waals surface area contributed by atoms with Crippen molar-refractivity contribution in [2.45, 2.75) is 26.3 Å². The molecule has 0 aromatic heterocycles. The fourth-order valence-corrected chi connectivity index (χ4v) is 1.31. The van der Waals surface area contributed by atoms with Crippen molar-refractivity contribution in [2.24, 2.45) is 0 Å². The summed E-state index contributed by atoms with van der Waals surface area (Å²) in [5.74, 6) is 0.889. The highest BCUT2D eigenvalue weighted by Crippen LogP contribution is 2.24. The van der Waals surface area contributed by atoms with Crippen molar-refractivity contribution < 1.29 is 9.47 Å². The summed E-state index contributed by atoms with van der Waals surface area (Å²) in [4.78, 5) is 0. The molecule has 0 aliphatic carbocycles. The van der Waals surface area contributed by atoms with Gasteiger partial charge in [0.15, 0.2) is 0 Å². The Labute approximate surface area is 97.8 Å². The first-order valence-corrected chi connectivity index (χ1v) is 5.75. The number of nitrogens with one attached hydrogen (secondary N) is 1. The standard InChI is InChI=1S/C13H21NO2/c1-4-11(2)14-12-7-5-6-8-13(12)16-10-9-15-3/h5-8,11,14H,4,9-10H2,1-3H3. The number of hydrogen-bond acceptors (Lipinski definition) is 3. The number of hydrogen-bond donors (Lipinski definition) is 1. The monoisotopic (exact) mass is 223 g/mol. The molecular formula is C13H21NO2. The lowest BCUT2D eigenvalue weighted by Crippen LogP contribution is -2.15. The van der Waals surface area contributed by atoms with Gasteiger partial charge in [0.25, 0.3) is 0 Å². The van der Waals surface area contributed by atoms with Crippen molar-refractivity contribution in [1.29, 1.82) is 0 Å². The third kappa shape index (κ3) is 4.11. The van der Waals surface area contributed by atoms with Gasteiger partial charge in [0.2, 0.25) is 0 Å². The number of anilines is 1. The molecule has 0 aliphatic rings. The number of rotatable bonds is 7. The van der Waals surface area contributed by atoms with E-state index >= 15 is 0 Å². The van der Waals surface area contributed by atoms with Crippen molar-refractivity contribution in [1.82, 2.24) is 0 Å². The molecule has 1 aromatic rings. The molecule has 3 nitrogen and oxygen atoms in total. The Balaban J connectivity index is 2.60. The summed E-state index contributed by atoms with van der Waals surface area (Å²) in [6, 6.07) is 8.44. The van der Waals surface area contributed by atoms with Crippen LogP contribution in [-0.2, 0) is 4.74 Å².